The van der Waals surface area contributed by atoms with Gasteiger partial charge in [0.1, 0.15) is 0 Å². The second kappa shape index (κ2) is 30.3. The van der Waals surface area contributed by atoms with Gasteiger partial charge >= 0.3 is 12.4 Å². The van der Waals surface area contributed by atoms with E-state index in [1.165, 1.54) is 58.2 Å². The fourth-order valence-electron chi connectivity index (χ4n) is 11.9. The Morgan fingerprint density at radius 3 is 1.10 bits per heavy atom. The number of nitrogens with two attached hydrogens (primary N) is 6. The van der Waals surface area contributed by atoms with Gasteiger partial charge in [-0.3, -0.25) is 29.4 Å². The van der Waals surface area contributed by atoms with E-state index in [1.54, 1.807) is 4.90 Å². The quantitative estimate of drug-likeness (QED) is 0.117. The molecule has 14 N–H and O–H groups in total. The summed E-state index contributed by atoms with van der Waals surface area (Å²) >= 11 is 0. The fraction of sp³-hybridized carbons (Fsp3) is 1.00. The molecule has 14 nitrogen and oxygen atoms in total. The Labute approximate surface area is 490 Å². The molecular weight excluding hydrogens is 1050 g/mol. The molecule has 13 atom stereocenters. The van der Waals surface area contributed by atoms with E-state index in [0.29, 0.717) is 35.7 Å². The lowest BCUT2D eigenvalue weighted by atomic mass is 9.88. The van der Waals surface area contributed by atoms with E-state index in [1.807, 2.05) is 46.4 Å². The van der Waals surface area contributed by atoms with Gasteiger partial charge in [-0.05, 0) is 200 Å². The predicted molar refractivity (Wildman–Crippen MR) is 325 cm³/mol. The van der Waals surface area contributed by atoms with Crippen LogP contribution < -0.4 is 34.4 Å². The summed E-state index contributed by atoms with van der Waals surface area (Å²) in [5.74, 6) is -0.101. The molecule has 13 unspecified atom stereocenters. The smallest absolute Gasteiger partial charge is 0.391 e. The van der Waals surface area contributed by atoms with Crippen LogP contribution in [0.25, 0.3) is 0 Å². The van der Waals surface area contributed by atoms with Crippen molar-refractivity contribution >= 4 is 0 Å². The van der Waals surface area contributed by atoms with Crippen LogP contribution in [-0.2, 0) is 0 Å². The molecule has 1 aliphatic carbocycles. The molecule has 0 bridgehead atoms. The minimum absolute atomic E-state index is 0.0517. The maximum absolute atomic E-state index is 12.7. The van der Waals surface area contributed by atoms with Gasteiger partial charge in [0.05, 0.1) is 24.0 Å². The first-order valence-corrected chi connectivity index (χ1v) is 30.9. The van der Waals surface area contributed by atoms with Gasteiger partial charge in [0.25, 0.3) is 0 Å². The molecule has 0 radical (unpaired) electrons. The van der Waals surface area contributed by atoms with Crippen LogP contribution in [0.15, 0.2) is 0 Å². The third kappa shape index (κ3) is 26.9. The molecule has 6 aliphatic heterocycles. The average molecular weight is 1170 g/mol. The summed E-state index contributed by atoms with van der Waals surface area (Å²) in [7, 11) is 0. The highest BCUT2D eigenvalue weighted by Gasteiger charge is 2.51. The molecule has 0 aromatic carbocycles. The van der Waals surface area contributed by atoms with E-state index in [0.717, 1.165) is 50.5 Å². The molecule has 0 spiro atoms. The lowest BCUT2D eigenvalue weighted by Gasteiger charge is -2.46. The number of hydrogen-bond donors (Lipinski definition) is 8. The average Bonchev–Trinajstić information content (AvgIpc) is 4.13. The number of alkyl halides is 6. The van der Waals surface area contributed by atoms with Gasteiger partial charge in [-0.1, -0.05) is 13.8 Å². The normalized spacial score (nSPS) is 33.6. The molecule has 1 saturated carbocycles. The maximum Gasteiger partial charge on any atom is 0.395 e. The summed E-state index contributed by atoms with van der Waals surface area (Å²) in [6.45, 7) is 52.0. The number of likely N-dealkylation sites (tertiary alicyclic amines) is 6. The van der Waals surface area contributed by atoms with Crippen LogP contribution in [0.1, 0.15) is 183 Å². The van der Waals surface area contributed by atoms with Crippen LogP contribution in [-0.4, -0.2) is 212 Å². The zero-order valence-corrected chi connectivity index (χ0v) is 54.8. The molecule has 6 saturated heterocycles. The number of hydrogen-bond acceptors (Lipinski definition) is 14. The fourth-order valence-corrected chi connectivity index (χ4v) is 11.9. The number of halogens is 6. The van der Waals surface area contributed by atoms with Gasteiger partial charge in [-0.25, -0.2) is 0 Å². The molecule has 0 amide bonds. The number of nitrogens with zero attached hydrogens (tertiary/aromatic N) is 6. The monoisotopic (exact) mass is 1170 g/mol. The van der Waals surface area contributed by atoms with E-state index in [9.17, 15) is 36.6 Å². The Kier molecular flexibility index (Phi) is 28.5. The van der Waals surface area contributed by atoms with Gasteiger partial charge < -0.3 is 44.6 Å². The molecule has 7 aliphatic rings. The SMILES string of the molecule is CC(C)(C)N1CC(N)C(O)C(C(F)(F)F)C1.CC(C)(C)N1CC(N)CC(C(F)(F)F)C1.CC(C)(C)N1CC(N)CC(C2CC2)C1.CC(C)(C)N1CCCC(N)C1.CC1CC(N)CN(C(C)(C)C)C1.CC1CN(C(C)(C)C)CC(N)C1O. The van der Waals surface area contributed by atoms with Crippen molar-refractivity contribution in [1.82, 2.24) is 29.4 Å². The molecular formula is C61H126F6N12O2. The highest BCUT2D eigenvalue weighted by atomic mass is 19.4. The summed E-state index contributed by atoms with van der Waals surface area (Å²) in [5, 5.41) is 19.2. The predicted octanol–water partition coefficient (Wildman–Crippen LogP) is 7.89. The molecule has 81 heavy (non-hydrogen) atoms. The molecule has 0 aromatic heterocycles. The molecule has 7 rings (SSSR count). The Morgan fingerprint density at radius 1 is 0.358 bits per heavy atom. The molecule has 20 heteroatoms. The van der Waals surface area contributed by atoms with E-state index >= 15 is 0 Å². The lowest BCUT2D eigenvalue weighted by Crippen LogP contribution is -2.63. The van der Waals surface area contributed by atoms with Gasteiger partial charge in [0.2, 0.25) is 0 Å². The number of rotatable bonds is 1. The van der Waals surface area contributed by atoms with Crippen molar-refractivity contribution in [3.63, 3.8) is 0 Å². The summed E-state index contributed by atoms with van der Waals surface area (Å²) < 4.78 is 75.8. The second-order valence-electron chi connectivity index (χ2n) is 31.8. The number of piperidine rings is 6. The second-order valence-corrected chi connectivity index (χ2v) is 31.8. The standard InChI is InChI=1S/C12H24N2.C10H19F3N2O.C10H19F3N2.C10H22N2O.C10H22N2.C9H20N2/c1-12(2,3)14-7-10(9-4-5-9)6-11(13)8-14;1-9(2,3)15-4-6(10(11,12)13)8(16)7(14)5-15;1-9(2,3)15-5-7(10(11,12)13)4-8(14)6-15;1-7-5-12(10(2,3)4)6-8(11)9(7)13;1-8-5-9(11)7-12(6-8)10(2,3)4;1-9(2,3)11-6-4-5-8(10)7-11/h9-11H,4-8,13H2,1-3H3;6-8,16H,4-5,14H2,1-3H3;7-8H,4-6,14H2,1-3H3;7-9,13H,5-6,11H2,1-4H3;8-9H,5-7,11H2,1-4H3;8H,4-7,10H2,1-3H3. The first kappa shape index (κ1) is 76.1. The third-order valence-electron chi connectivity index (χ3n) is 17.7. The van der Waals surface area contributed by atoms with E-state index in [2.05, 4.69) is 117 Å². The van der Waals surface area contributed by atoms with Gasteiger partial charge in [-0.15, -0.1) is 0 Å². The van der Waals surface area contributed by atoms with Crippen molar-refractivity contribution in [1.29, 1.82) is 0 Å². The van der Waals surface area contributed by atoms with Crippen molar-refractivity contribution in [3.05, 3.63) is 0 Å². The molecule has 0 aromatic rings. The van der Waals surface area contributed by atoms with Crippen LogP contribution in [0, 0.1) is 35.5 Å². The Bertz CT molecular complexity index is 1740. The van der Waals surface area contributed by atoms with Crippen LogP contribution in [0.2, 0.25) is 0 Å². The Balaban J connectivity index is 0.000000333. The number of aliphatic hydroxyl groups excluding tert-OH is 2. The molecule has 6 heterocycles. The first-order chi connectivity index (χ1) is 36.3. The highest BCUT2D eigenvalue weighted by molar-refractivity contribution is 4.98. The van der Waals surface area contributed by atoms with Crippen LogP contribution in [0.3, 0.4) is 0 Å². The van der Waals surface area contributed by atoms with Crippen LogP contribution >= 0.6 is 0 Å². The Hall–Kier alpha value is -0.980. The van der Waals surface area contributed by atoms with Crippen molar-refractivity contribution in [3.8, 4) is 0 Å². The summed E-state index contributed by atoms with van der Waals surface area (Å²) in [5.41, 5.74) is 35.5. The third-order valence-corrected chi connectivity index (χ3v) is 17.7. The number of aliphatic hydroxyl groups is 2. The minimum Gasteiger partial charge on any atom is -0.391 e. The van der Waals surface area contributed by atoms with Crippen molar-refractivity contribution < 1.29 is 36.6 Å². The van der Waals surface area contributed by atoms with Crippen molar-refractivity contribution in [2.45, 2.75) is 277 Å². The van der Waals surface area contributed by atoms with Crippen molar-refractivity contribution in [2.24, 2.45) is 69.9 Å². The van der Waals surface area contributed by atoms with Gasteiger partial charge in [-0.2, -0.15) is 26.3 Å². The molecule has 7 fully saturated rings. The van der Waals surface area contributed by atoms with E-state index in [-0.39, 0.29) is 72.3 Å². The Morgan fingerprint density at radius 2 is 0.728 bits per heavy atom. The maximum atomic E-state index is 12.7. The first-order valence-electron chi connectivity index (χ1n) is 30.9. The topological polar surface area (TPSA) is 216 Å². The zero-order valence-electron chi connectivity index (χ0n) is 54.8. The van der Waals surface area contributed by atoms with Gasteiger partial charge in [0, 0.05) is 141 Å². The van der Waals surface area contributed by atoms with Crippen LogP contribution in [0.4, 0.5) is 26.3 Å². The summed E-state index contributed by atoms with van der Waals surface area (Å²) in [6.07, 6.45) is -2.49. The van der Waals surface area contributed by atoms with Gasteiger partial charge in [0.15, 0.2) is 0 Å². The van der Waals surface area contributed by atoms with Crippen LogP contribution in [0.5, 0.6) is 0 Å². The van der Waals surface area contributed by atoms with E-state index < -0.39 is 36.3 Å². The largest absolute Gasteiger partial charge is 0.395 e. The summed E-state index contributed by atoms with van der Waals surface area (Å²) in [6, 6.07) is -0.114. The summed E-state index contributed by atoms with van der Waals surface area (Å²) in [4.78, 5) is 13.4. The lowest BCUT2D eigenvalue weighted by molar-refractivity contribution is -0.220. The minimum atomic E-state index is -4.40. The highest BCUT2D eigenvalue weighted by Crippen LogP contribution is 2.42. The van der Waals surface area contributed by atoms with E-state index in [4.69, 9.17) is 34.4 Å². The molecule has 484 valence electrons. The van der Waals surface area contributed by atoms with Crippen molar-refractivity contribution in [2.75, 3.05) is 78.5 Å². The zero-order chi connectivity index (χ0) is 63.0.